The summed E-state index contributed by atoms with van der Waals surface area (Å²) in [6.07, 6.45) is 11.3. The summed E-state index contributed by atoms with van der Waals surface area (Å²) in [5.41, 5.74) is 19.9. The molecule has 6 aromatic heterocycles. The van der Waals surface area contributed by atoms with E-state index < -0.39 is 0 Å². The molecule has 0 aliphatic rings. The van der Waals surface area contributed by atoms with Gasteiger partial charge in [-0.05, 0) is 103 Å². The number of hydrogen-bond donors (Lipinski definition) is 0. The van der Waals surface area contributed by atoms with Crippen LogP contribution in [0.25, 0.3) is 132 Å². The molecule has 0 atom stereocenters. The molecule has 0 amide bonds. The van der Waals surface area contributed by atoms with Crippen LogP contribution in [0.1, 0.15) is 0 Å². The standard InChI is InChI=1S/3C24H16N2.5H2O.Ru/c3*1-3-7-17(8-4-1)19-13-15-25-23-21(19)11-12-22-20(14-16-26-24(22)23)18-9-5-2-6-10-18;;;;;;/h3*1-16H;5*1H2;. The van der Waals surface area contributed by atoms with Crippen LogP contribution in [0.5, 0.6) is 0 Å². The van der Waals surface area contributed by atoms with Gasteiger partial charge in [-0.2, -0.15) is 0 Å². The number of benzene rings is 9. The summed E-state index contributed by atoms with van der Waals surface area (Å²) >= 11 is 0. The van der Waals surface area contributed by atoms with Gasteiger partial charge in [0.1, 0.15) is 0 Å². The van der Waals surface area contributed by atoms with E-state index in [1.807, 2.05) is 73.6 Å². The summed E-state index contributed by atoms with van der Waals surface area (Å²) in [6, 6.07) is 88.0. The molecule has 15 aromatic rings. The third-order valence-corrected chi connectivity index (χ3v) is 14.4. The van der Waals surface area contributed by atoms with Crippen LogP contribution in [0, 0.1) is 0 Å². The Morgan fingerprint density at radius 3 is 0.417 bits per heavy atom. The van der Waals surface area contributed by atoms with Crippen LogP contribution in [0.2, 0.25) is 0 Å². The summed E-state index contributed by atoms with van der Waals surface area (Å²) in [5.74, 6) is 0. The smallest absolute Gasteiger partial charge is 0.0970 e. The molecule has 0 unspecified atom stereocenters. The van der Waals surface area contributed by atoms with Gasteiger partial charge in [0.05, 0.1) is 33.1 Å². The Bertz CT molecular complexity index is 3850. The van der Waals surface area contributed by atoms with Crippen LogP contribution in [-0.2, 0) is 19.5 Å². The van der Waals surface area contributed by atoms with E-state index in [1.54, 1.807) is 0 Å². The molecule has 15 rings (SSSR count). The second-order valence-electron chi connectivity index (χ2n) is 18.9. The quantitative estimate of drug-likeness (QED) is 0.116. The van der Waals surface area contributed by atoms with E-state index in [2.05, 4.69) is 248 Å². The Hall–Kier alpha value is -10.1. The van der Waals surface area contributed by atoms with Crippen LogP contribution < -0.4 is 0 Å². The minimum Gasteiger partial charge on any atom is -0.412 e. The third-order valence-electron chi connectivity index (χ3n) is 14.4. The van der Waals surface area contributed by atoms with E-state index in [4.69, 9.17) is 0 Å². The summed E-state index contributed by atoms with van der Waals surface area (Å²) in [5, 5.41) is 6.77. The van der Waals surface area contributed by atoms with E-state index in [0.29, 0.717) is 0 Å². The number of pyridine rings is 6. The van der Waals surface area contributed by atoms with Crippen molar-refractivity contribution >= 4 is 65.4 Å². The monoisotopic (exact) mass is 1190 g/mol. The van der Waals surface area contributed by atoms with Gasteiger partial charge < -0.3 is 27.4 Å². The first-order chi connectivity index (χ1) is 38.7. The molecule has 0 saturated carbocycles. The van der Waals surface area contributed by atoms with Crippen molar-refractivity contribution < 1.29 is 46.9 Å². The SMILES string of the molecule is O.O.O.O.O.[Ru].c1ccc(-c2ccnc3c2ccc2c(-c4ccccc4)ccnc23)cc1.c1ccc(-c2ccnc3c2ccc2c(-c4ccccc4)ccnc23)cc1.c1ccc(-c2ccnc3c2ccc2c(-c4ccccc4)ccnc23)cc1. The van der Waals surface area contributed by atoms with Crippen LogP contribution in [0.4, 0.5) is 0 Å². The fourth-order valence-corrected chi connectivity index (χ4v) is 10.7. The van der Waals surface area contributed by atoms with Gasteiger partial charge >= 0.3 is 0 Å². The van der Waals surface area contributed by atoms with Crippen molar-refractivity contribution in [2.45, 2.75) is 0 Å². The molecule has 12 heteroatoms. The number of aromatic nitrogens is 6. The molecule has 0 bridgehead atoms. The average Bonchev–Trinajstić information content (AvgIpc) is 2.48. The summed E-state index contributed by atoms with van der Waals surface area (Å²) in [4.78, 5) is 28.0. The summed E-state index contributed by atoms with van der Waals surface area (Å²) in [6.45, 7) is 0. The molecule has 6 heterocycles. The number of fused-ring (bicyclic) bond motifs is 9. The fourth-order valence-electron chi connectivity index (χ4n) is 10.7. The Kier molecular flexibility index (Phi) is 20.5. The molecule has 0 radical (unpaired) electrons. The first-order valence-corrected chi connectivity index (χ1v) is 26.1. The maximum absolute atomic E-state index is 4.67. The van der Waals surface area contributed by atoms with E-state index in [9.17, 15) is 0 Å². The van der Waals surface area contributed by atoms with Gasteiger partial charge in [0.2, 0.25) is 0 Å². The van der Waals surface area contributed by atoms with Crippen LogP contribution in [-0.4, -0.2) is 57.3 Å². The molecule has 0 spiro atoms. The van der Waals surface area contributed by atoms with Crippen LogP contribution in [0.3, 0.4) is 0 Å². The zero-order valence-electron chi connectivity index (χ0n) is 45.2. The van der Waals surface area contributed by atoms with Crippen molar-refractivity contribution in [3.63, 3.8) is 0 Å². The Morgan fingerprint density at radius 2 is 0.286 bits per heavy atom. The summed E-state index contributed by atoms with van der Waals surface area (Å²) < 4.78 is 0. The van der Waals surface area contributed by atoms with Crippen molar-refractivity contribution in [1.29, 1.82) is 0 Å². The van der Waals surface area contributed by atoms with E-state index in [0.717, 1.165) is 65.4 Å². The molecule has 11 nitrogen and oxygen atoms in total. The molecular weight excluding hydrogens is 1130 g/mol. The first-order valence-electron chi connectivity index (χ1n) is 26.1. The second-order valence-corrected chi connectivity index (χ2v) is 18.9. The van der Waals surface area contributed by atoms with Crippen molar-refractivity contribution in [1.82, 2.24) is 29.9 Å². The predicted molar refractivity (Wildman–Crippen MR) is 342 cm³/mol. The van der Waals surface area contributed by atoms with Crippen molar-refractivity contribution in [2.75, 3.05) is 0 Å². The minimum atomic E-state index is 0. The van der Waals surface area contributed by atoms with Crippen molar-refractivity contribution in [3.8, 4) is 66.8 Å². The number of nitrogens with zero attached hydrogens (tertiary/aromatic N) is 6. The van der Waals surface area contributed by atoms with Gasteiger partial charge in [-0.25, -0.2) is 0 Å². The molecule has 414 valence electrons. The van der Waals surface area contributed by atoms with Gasteiger partial charge in [-0.1, -0.05) is 218 Å². The van der Waals surface area contributed by atoms with E-state index in [-0.39, 0.29) is 46.9 Å². The Morgan fingerprint density at radius 1 is 0.155 bits per heavy atom. The maximum atomic E-state index is 4.67. The van der Waals surface area contributed by atoms with Gasteiger partial charge in [-0.15, -0.1) is 0 Å². The van der Waals surface area contributed by atoms with Crippen LogP contribution in [0.15, 0.2) is 292 Å². The van der Waals surface area contributed by atoms with Gasteiger partial charge in [-0.3, -0.25) is 29.9 Å². The summed E-state index contributed by atoms with van der Waals surface area (Å²) in [7, 11) is 0. The topological polar surface area (TPSA) is 235 Å². The van der Waals surface area contributed by atoms with E-state index >= 15 is 0 Å². The molecule has 9 aromatic carbocycles. The number of rotatable bonds is 6. The predicted octanol–water partition coefficient (Wildman–Crippen LogP) is 14.2. The molecule has 10 N–H and O–H groups in total. The zero-order valence-corrected chi connectivity index (χ0v) is 47.0. The van der Waals surface area contributed by atoms with Crippen LogP contribution >= 0.6 is 0 Å². The third kappa shape index (κ3) is 12.1. The van der Waals surface area contributed by atoms with E-state index in [1.165, 1.54) is 66.8 Å². The largest absolute Gasteiger partial charge is 0.412 e. The number of hydrogen-bond acceptors (Lipinski definition) is 6. The Labute approximate surface area is 498 Å². The maximum Gasteiger partial charge on any atom is 0.0970 e. The van der Waals surface area contributed by atoms with Gasteiger partial charge in [0, 0.05) is 89.0 Å². The molecule has 0 saturated heterocycles. The van der Waals surface area contributed by atoms with Gasteiger partial charge in [0.25, 0.3) is 0 Å². The normalized spacial score (nSPS) is 10.3. The fraction of sp³-hybridized carbons (Fsp3) is 0. The minimum absolute atomic E-state index is 0. The molecular formula is C72H58N6O5Ru. The molecule has 84 heavy (non-hydrogen) atoms. The van der Waals surface area contributed by atoms with Crippen molar-refractivity contribution in [3.05, 3.63) is 292 Å². The van der Waals surface area contributed by atoms with Gasteiger partial charge in [0.15, 0.2) is 0 Å². The van der Waals surface area contributed by atoms with Crippen molar-refractivity contribution in [2.24, 2.45) is 0 Å². The molecule has 0 fully saturated rings. The zero-order chi connectivity index (χ0) is 52.0. The first kappa shape index (κ1) is 61.5. The second kappa shape index (κ2) is 28.0. The average molecular weight is 1190 g/mol. The Balaban J connectivity index is 0.000000175. The molecule has 0 aliphatic heterocycles. The molecule has 0 aliphatic carbocycles.